The first kappa shape index (κ1) is 15.8. The van der Waals surface area contributed by atoms with Crippen LogP contribution in [0.5, 0.6) is 11.5 Å². The van der Waals surface area contributed by atoms with Crippen LogP contribution in [0.15, 0.2) is 18.2 Å². The average molecular weight is 267 g/mol. The van der Waals surface area contributed by atoms with Crippen molar-refractivity contribution in [3.05, 3.63) is 23.8 Å². The third-order valence-electron chi connectivity index (χ3n) is 2.65. The molecule has 108 valence electrons. The summed E-state index contributed by atoms with van der Waals surface area (Å²) in [5.41, 5.74) is 6.95. The Balaban J connectivity index is 2.60. The Hall–Kier alpha value is -1.26. The molecular formula is C15H25NO3. The molecule has 4 nitrogen and oxygen atoms in total. The fourth-order valence-corrected chi connectivity index (χ4v) is 1.77. The van der Waals surface area contributed by atoms with Gasteiger partial charge in [-0.1, -0.05) is 13.0 Å². The molecule has 1 aromatic rings. The van der Waals surface area contributed by atoms with E-state index in [4.69, 9.17) is 19.9 Å². The second-order valence-corrected chi connectivity index (χ2v) is 4.62. The molecule has 0 fully saturated rings. The Morgan fingerprint density at radius 2 is 2.00 bits per heavy atom. The number of ether oxygens (including phenoxy) is 3. The third kappa shape index (κ3) is 5.94. The van der Waals surface area contributed by atoms with Gasteiger partial charge < -0.3 is 19.9 Å². The van der Waals surface area contributed by atoms with Gasteiger partial charge >= 0.3 is 0 Å². The molecule has 19 heavy (non-hydrogen) atoms. The molecule has 0 amide bonds. The van der Waals surface area contributed by atoms with E-state index in [1.165, 1.54) is 0 Å². The van der Waals surface area contributed by atoms with Gasteiger partial charge in [-0.2, -0.15) is 0 Å². The molecule has 1 rings (SSSR count). The van der Waals surface area contributed by atoms with Crippen LogP contribution < -0.4 is 15.2 Å². The maximum absolute atomic E-state index is 5.85. The van der Waals surface area contributed by atoms with Crippen LogP contribution in [0, 0.1) is 0 Å². The zero-order valence-electron chi connectivity index (χ0n) is 12.1. The molecule has 0 bridgehead atoms. The maximum atomic E-state index is 5.85. The SMILES string of the molecule is CCCOCCOc1cc(OC)ccc1CC(C)N. The molecule has 0 radical (unpaired) electrons. The van der Waals surface area contributed by atoms with Gasteiger partial charge in [-0.3, -0.25) is 0 Å². The summed E-state index contributed by atoms with van der Waals surface area (Å²) in [6.07, 6.45) is 1.81. The largest absolute Gasteiger partial charge is 0.497 e. The van der Waals surface area contributed by atoms with Crippen LogP contribution in [0.3, 0.4) is 0 Å². The molecule has 0 saturated carbocycles. The Morgan fingerprint density at radius 1 is 1.21 bits per heavy atom. The van der Waals surface area contributed by atoms with Gasteiger partial charge in [0.25, 0.3) is 0 Å². The van der Waals surface area contributed by atoms with Crippen LogP contribution in [0.1, 0.15) is 25.8 Å². The van der Waals surface area contributed by atoms with Crippen molar-refractivity contribution in [3.63, 3.8) is 0 Å². The van der Waals surface area contributed by atoms with Gasteiger partial charge in [0.1, 0.15) is 18.1 Å². The highest BCUT2D eigenvalue weighted by Crippen LogP contribution is 2.25. The Morgan fingerprint density at radius 3 is 2.63 bits per heavy atom. The number of hydrogen-bond donors (Lipinski definition) is 1. The van der Waals surface area contributed by atoms with Crippen LogP contribution in [0.2, 0.25) is 0 Å². The summed E-state index contributed by atoms with van der Waals surface area (Å²) in [6, 6.07) is 5.94. The lowest BCUT2D eigenvalue weighted by Gasteiger charge is -2.14. The molecule has 0 heterocycles. The van der Waals surface area contributed by atoms with Crippen LogP contribution >= 0.6 is 0 Å². The van der Waals surface area contributed by atoms with Crippen molar-refractivity contribution in [2.75, 3.05) is 26.9 Å². The van der Waals surface area contributed by atoms with E-state index >= 15 is 0 Å². The van der Waals surface area contributed by atoms with Gasteiger partial charge in [0, 0.05) is 18.7 Å². The highest BCUT2D eigenvalue weighted by Gasteiger charge is 2.08. The van der Waals surface area contributed by atoms with Crippen molar-refractivity contribution in [1.82, 2.24) is 0 Å². The van der Waals surface area contributed by atoms with E-state index in [1.54, 1.807) is 7.11 Å². The van der Waals surface area contributed by atoms with Crippen molar-refractivity contribution in [2.45, 2.75) is 32.7 Å². The minimum Gasteiger partial charge on any atom is -0.497 e. The van der Waals surface area contributed by atoms with Crippen molar-refractivity contribution in [3.8, 4) is 11.5 Å². The smallest absolute Gasteiger partial charge is 0.126 e. The first-order chi connectivity index (χ1) is 9.17. The summed E-state index contributed by atoms with van der Waals surface area (Å²) in [6.45, 7) is 5.98. The van der Waals surface area contributed by atoms with Crippen molar-refractivity contribution in [1.29, 1.82) is 0 Å². The highest BCUT2D eigenvalue weighted by molar-refractivity contribution is 5.41. The monoisotopic (exact) mass is 267 g/mol. The molecule has 0 spiro atoms. The van der Waals surface area contributed by atoms with E-state index in [1.807, 2.05) is 25.1 Å². The summed E-state index contributed by atoms with van der Waals surface area (Å²) in [5, 5.41) is 0. The van der Waals surface area contributed by atoms with E-state index in [0.717, 1.165) is 36.5 Å². The van der Waals surface area contributed by atoms with Gasteiger partial charge in [-0.05, 0) is 31.4 Å². The van der Waals surface area contributed by atoms with Crippen molar-refractivity contribution in [2.24, 2.45) is 5.73 Å². The highest BCUT2D eigenvalue weighted by atomic mass is 16.5. The molecule has 1 atom stereocenters. The lowest BCUT2D eigenvalue weighted by molar-refractivity contribution is 0.100. The van der Waals surface area contributed by atoms with Crippen molar-refractivity contribution >= 4 is 0 Å². The van der Waals surface area contributed by atoms with Gasteiger partial charge in [-0.25, -0.2) is 0 Å². The number of rotatable bonds is 9. The normalized spacial score (nSPS) is 12.2. The van der Waals surface area contributed by atoms with Crippen LogP contribution in [0.4, 0.5) is 0 Å². The van der Waals surface area contributed by atoms with E-state index in [0.29, 0.717) is 13.2 Å². The first-order valence-corrected chi connectivity index (χ1v) is 6.80. The second kappa shape index (κ2) is 8.77. The molecule has 1 aromatic carbocycles. The molecule has 2 N–H and O–H groups in total. The number of methoxy groups -OCH3 is 1. The van der Waals surface area contributed by atoms with Crippen molar-refractivity contribution < 1.29 is 14.2 Å². The number of nitrogens with two attached hydrogens (primary N) is 1. The fraction of sp³-hybridized carbons (Fsp3) is 0.600. The first-order valence-electron chi connectivity index (χ1n) is 6.80. The second-order valence-electron chi connectivity index (χ2n) is 4.62. The molecule has 0 saturated heterocycles. The minimum atomic E-state index is 0.104. The predicted molar refractivity (Wildman–Crippen MR) is 77.0 cm³/mol. The summed E-state index contributed by atoms with van der Waals surface area (Å²) < 4.78 is 16.4. The van der Waals surface area contributed by atoms with Gasteiger partial charge in [-0.15, -0.1) is 0 Å². The van der Waals surface area contributed by atoms with Gasteiger partial charge in [0.05, 0.1) is 13.7 Å². The summed E-state index contributed by atoms with van der Waals surface area (Å²) in [5.74, 6) is 1.62. The Labute approximate surface area is 115 Å². The average Bonchev–Trinajstić information content (AvgIpc) is 2.39. The maximum Gasteiger partial charge on any atom is 0.126 e. The van der Waals surface area contributed by atoms with Gasteiger partial charge in [0.15, 0.2) is 0 Å². The molecule has 0 aliphatic heterocycles. The van der Waals surface area contributed by atoms with Crippen LogP contribution in [-0.2, 0) is 11.2 Å². The minimum absolute atomic E-state index is 0.104. The standard InChI is InChI=1S/C15H25NO3/c1-4-7-18-8-9-19-15-11-14(17-3)6-5-13(15)10-12(2)16/h5-6,11-12H,4,7-10,16H2,1-3H3. The zero-order valence-corrected chi connectivity index (χ0v) is 12.1. The predicted octanol–water partition coefficient (Wildman–Crippen LogP) is 2.39. The van der Waals surface area contributed by atoms with E-state index in [-0.39, 0.29) is 6.04 Å². The topological polar surface area (TPSA) is 53.7 Å². The lowest BCUT2D eigenvalue weighted by atomic mass is 10.1. The van der Waals surface area contributed by atoms with E-state index in [9.17, 15) is 0 Å². The van der Waals surface area contributed by atoms with Gasteiger partial charge in [0.2, 0.25) is 0 Å². The van der Waals surface area contributed by atoms with Crippen LogP contribution in [0.25, 0.3) is 0 Å². The summed E-state index contributed by atoms with van der Waals surface area (Å²) >= 11 is 0. The Kier molecular flexibility index (Phi) is 7.30. The molecular weight excluding hydrogens is 242 g/mol. The number of hydrogen-bond acceptors (Lipinski definition) is 4. The lowest BCUT2D eigenvalue weighted by Crippen LogP contribution is -2.18. The quantitative estimate of drug-likeness (QED) is 0.698. The zero-order chi connectivity index (χ0) is 14.1. The molecule has 1 unspecified atom stereocenters. The fourth-order valence-electron chi connectivity index (χ4n) is 1.77. The summed E-state index contributed by atoms with van der Waals surface area (Å²) in [7, 11) is 1.65. The molecule has 0 aromatic heterocycles. The Bertz CT molecular complexity index is 366. The van der Waals surface area contributed by atoms with E-state index in [2.05, 4.69) is 6.92 Å². The summed E-state index contributed by atoms with van der Waals surface area (Å²) in [4.78, 5) is 0. The molecule has 4 heteroatoms. The van der Waals surface area contributed by atoms with E-state index < -0.39 is 0 Å². The molecule has 0 aliphatic rings. The third-order valence-corrected chi connectivity index (χ3v) is 2.65. The van der Waals surface area contributed by atoms with Crippen LogP contribution in [-0.4, -0.2) is 33.0 Å². The number of benzene rings is 1. The molecule has 0 aliphatic carbocycles.